The first-order chi connectivity index (χ1) is 42.8. The summed E-state index contributed by atoms with van der Waals surface area (Å²) < 4.78 is 18.1. The lowest BCUT2D eigenvalue weighted by Gasteiger charge is -2.34. The van der Waals surface area contributed by atoms with E-state index in [-0.39, 0.29) is 68.0 Å². The van der Waals surface area contributed by atoms with Crippen molar-refractivity contribution in [3.63, 3.8) is 0 Å². The van der Waals surface area contributed by atoms with E-state index in [4.69, 9.17) is 55.9 Å². The summed E-state index contributed by atoms with van der Waals surface area (Å²) in [6.45, 7) is 50.0. The maximum atomic E-state index is 13.2. The smallest absolute Gasteiger partial charge is 0.147 e. The number of hydrogen-bond donors (Lipinski definition) is 2. The second-order valence-corrected chi connectivity index (χ2v) is 35.9. The highest BCUT2D eigenvalue weighted by atomic mass is 35.5. The van der Waals surface area contributed by atoms with Crippen LogP contribution in [-0.2, 0) is 32.5 Å². The quantitative estimate of drug-likeness (QED) is 0.106. The Hall–Kier alpha value is -6.28. The predicted octanol–water partition coefficient (Wildman–Crippen LogP) is 25.7. The van der Waals surface area contributed by atoms with Crippen molar-refractivity contribution < 1.29 is 19.7 Å². The van der Waals surface area contributed by atoms with E-state index in [0.29, 0.717) is 71.6 Å². The molecule has 0 saturated carbocycles. The van der Waals surface area contributed by atoms with Crippen LogP contribution in [0.2, 0.25) is 20.1 Å². The number of fused-ring (bicyclic) bond motifs is 6. The minimum atomic E-state index is -0.351. The Balaban J connectivity index is 1.06. The molecule has 2 heterocycles. The summed E-state index contributed by atoms with van der Waals surface area (Å²) in [5.41, 5.74) is 13.3. The molecule has 0 aliphatic heterocycles. The summed E-state index contributed by atoms with van der Waals surface area (Å²) in [5, 5.41) is 32.2. The minimum Gasteiger partial charge on any atom is -0.505 e. The number of hydrogen-bond acceptors (Lipinski definition) is 4. The van der Waals surface area contributed by atoms with Crippen molar-refractivity contribution in [3.8, 4) is 56.6 Å². The molecule has 0 atom stereocenters. The van der Waals surface area contributed by atoms with Crippen molar-refractivity contribution in [3.05, 3.63) is 175 Å². The molecule has 2 N–H and O–H groups in total. The second kappa shape index (κ2) is 24.4. The van der Waals surface area contributed by atoms with Gasteiger partial charge in [-0.3, -0.25) is 0 Å². The molecule has 0 bridgehead atoms. The van der Waals surface area contributed by atoms with Crippen LogP contribution in [0, 0.1) is 10.8 Å². The molecule has 8 aromatic carbocycles. The zero-order valence-corrected chi connectivity index (χ0v) is 62.2. The first-order valence-corrected chi connectivity index (χ1v) is 34.5. The van der Waals surface area contributed by atoms with Gasteiger partial charge in [0.1, 0.15) is 23.0 Å². The average molecular weight is 1330 g/mol. The maximum Gasteiger partial charge on any atom is 0.147 e. The summed E-state index contributed by atoms with van der Waals surface area (Å²) in [6.07, 6.45) is 2.12. The summed E-state index contributed by atoms with van der Waals surface area (Å²) in [4.78, 5) is 0. The fraction of sp³-hybridized carbons (Fsp3) is 0.422. The molecule has 0 aliphatic rings. The monoisotopic (exact) mass is 1330 g/mol. The van der Waals surface area contributed by atoms with E-state index in [1.54, 1.807) is 12.1 Å². The third kappa shape index (κ3) is 14.2. The van der Waals surface area contributed by atoms with Crippen LogP contribution in [0.4, 0.5) is 0 Å². The average Bonchev–Trinajstić information content (AvgIpc) is 1.62. The molecule has 0 spiro atoms. The lowest BCUT2D eigenvalue weighted by molar-refractivity contribution is 0.248. The number of nitrogens with zero attached hydrogens (tertiary/aromatic N) is 2. The summed E-state index contributed by atoms with van der Waals surface area (Å²) in [7, 11) is 0. The van der Waals surface area contributed by atoms with Crippen LogP contribution in [0.25, 0.3) is 77.2 Å². The van der Waals surface area contributed by atoms with E-state index in [2.05, 4.69) is 259 Å². The number of benzene rings is 8. The maximum absolute atomic E-state index is 13.2. The normalized spacial score (nSPS) is 13.4. The van der Waals surface area contributed by atoms with Gasteiger partial charge in [0, 0.05) is 60.3 Å². The van der Waals surface area contributed by atoms with Gasteiger partial charge < -0.3 is 28.8 Å². The molecule has 93 heavy (non-hydrogen) atoms. The molecule has 0 fully saturated rings. The third-order valence-corrected chi connectivity index (χ3v) is 19.5. The number of phenolic OH excluding ortho intramolecular Hbond substituents is 2. The van der Waals surface area contributed by atoms with Crippen molar-refractivity contribution in [2.45, 2.75) is 204 Å². The zero-order valence-electron chi connectivity index (χ0n) is 59.2. The molecule has 6 nitrogen and oxygen atoms in total. The van der Waals surface area contributed by atoms with Crippen molar-refractivity contribution in [1.29, 1.82) is 0 Å². The summed E-state index contributed by atoms with van der Waals surface area (Å²) in [5.74, 6) is 0.901. The van der Waals surface area contributed by atoms with Crippen LogP contribution in [0.15, 0.2) is 121 Å². The number of rotatable bonds is 14. The van der Waals surface area contributed by atoms with Gasteiger partial charge in [0.15, 0.2) is 0 Å². The molecule has 0 amide bonds. The van der Waals surface area contributed by atoms with Gasteiger partial charge in [-0.05, 0) is 187 Å². The summed E-state index contributed by atoms with van der Waals surface area (Å²) in [6, 6.07) is 42.5. The van der Waals surface area contributed by atoms with Gasteiger partial charge >= 0.3 is 0 Å². The first kappa shape index (κ1) is 69.5. The van der Waals surface area contributed by atoms with Crippen LogP contribution < -0.4 is 9.47 Å². The Morgan fingerprint density at radius 3 is 0.871 bits per heavy atom. The predicted molar refractivity (Wildman–Crippen MR) is 400 cm³/mol. The Labute approximate surface area is 574 Å². The van der Waals surface area contributed by atoms with Gasteiger partial charge in [-0.25, -0.2) is 0 Å². The fourth-order valence-corrected chi connectivity index (χ4v) is 15.4. The lowest BCUT2D eigenvalue weighted by Crippen LogP contribution is -2.25. The van der Waals surface area contributed by atoms with Gasteiger partial charge in [-0.15, -0.1) is 0 Å². The van der Waals surface area contributed by atoms with Gasteiger partial charge in [-0.2, -0.15) is 0 Å². The minimum absolute atomic E-state index is 0.0220. The number of phenols is 2. The highest BCUT2D eigenvalue weighted by Gasteiger charge is 2.34. The van der Waals surface area contributed by atoms with Crippen LogP contribution in [-0.4, -0.2) is 32.6 Å². The highest BCUT2D eigenvalue weighted by Crippen LogP contribution is 2.52. The Morgan fingerprint density at radius 2 is 0.613 bits per heavy atom. The summed E-state index contributed by atoms with van der Waals surface area (Å²) >= 11 is 28.5. The van der Waals surface area contributed by atoms with E-state index >= 15 is 0 Å². The Morgan fingerprint density at radius 1 is 0.333 bits per heavy atom. The van der Waals surface area contributed by atoms with Crippen molar-refractivity contribution in [1.82, 2.24) is 9.13 Å². The molecule has 10 aromatic rings. The van der Waals surface area contributed by atoms with Crippen LogP contribution in [0.3, 0.4) is 0 Å². The molecule has 0 saturated heterocycles. The first-order valence-electron chi connectivity index (χ1n) is 33.0. The van der Waals surface area contributed by atoms with Gasteiger partial charge in [0.25, 0.3) is 0 Å². The van der Waals surface area contributed by atoms with Crippen molar-refractivity contribution >= 4 is 90.0 Å². The Kier molecular flexibility index (Phi) is 18.3. The lowest BCUT2D eigenvalue weighted by atomic mass is 9.71. The third-order valence-electron chi connectivity index (χ3n) is 18.5. The van der Waals surface area contributed by atoms with E-state index < -0.39 is 0 Å². The molecule has 2 aromatic heterocycles. The van der Waals surface area contributed by atoms with Gasteiger partial charge in [0.05, 0.1) is 56.7 Å². The van der Waals surface area contributed by atoms with E-state index in [9.17, 15) is 10.2 Å². The zero-order chi connectivity index (χ0) is 68.4. The second-order valence-electron chi connectivity index (χ2n) is 34.2. The molecule has 10 heteroatoms. The molecule has 0 unspecified atom stereocenters. The van der Waals surface area contributed by atoms with Gasteiger partial charge in [0.2, 0.25) is 0 Å². The molecule has 0 radical (unpaired) electrons. The van der Waals surface area contributed by atoms with E-state index in [1.807, 2.05) is 12.1 Å². The number of halogens is 4. The van der Waals surface area contributed by atoms with Crippen LogP contribution >= 0.6 is 46.4 Å². The number of aromatic nitrogens is 2. The van der Waals surface area contributed by atoms with E-state index in [1.165, 1.54) is 22.3 Å². The number of ether oxygens (including phenoxy) is 2. The van der Waals surface area contributed by atoms with Crippen LogP contribution in [0.5, 0.6) is 23.0 Å². The topological polar surface area (TPSA) is 68.8 Å². The molecule has 0 aliphatic carbocycles. The van der Waals surface area contributed by atoms with Crippen molar-refractivity contribution in [2.75, 3.05) is 13.2 Å². The molecular weight excluding hydrogens is 1230 g/mol. The highest BCUT2D eigenvalue weighted by molar-refractivity contribution is 6.37. The Bertz CT molecular complexity index is 4120. The number of aromatic hydroxyl groups is 2. The van der Waals surface area contributed by atoms with Gasteiger partial charge in [-0.1, -0.05) is 223 Å². The SMILES string of the molecule is CC(C)(C)CC(C)(C)c1cc(-c2cc(Cl)cc(Cl)c2OCCCOc2c(Cl)cc(Cl)cc2-c2cc(C(C)(C)CC(C)(C)C)cc(-n3c4ccc(C(C)(C)C)cc4c4cc(C(C)(C)C)ccc43)c2O)c(O)c(-n2c3ccc(C(C)(C)C)cc3c3cc(C(C)(C)C)ccc32)c1. The van der Waals surface area contributed by atoms with Crippen molar-refractivity contribution in [2.24, 2.45) is 10.8 Å². The fourth-order valence-electron chi connectivity index (χ4n) is 14.3. The van der Waals surface area contributed by atoms with Crippen LogP contribution in [0.1, 0.15) is 205 Å². The standard InChI is InChI=1S/C83H98Cl4N2O4/c1-76(2,3)46-82(19,20)52-38-60(72(90)70(40-52)88-66-28-24-48(78(7,8)9)34-56(66)57-35-49(79(10,11)12)25-29-67(57)88)62-42-54(84)44-64(86)74(62)92-32-23-33-93-75-63(43-55(85)45-65(75)87)61-39-53(83(21,22)47-77(4,5)6)41-71(73(61)91)89-68-30-26-50(80(13,14)15)36-58(68)59-37-51(81(16,17)18)27-31-69(59)89/h24-31,34-45,90-91H,23,32-33,46-47H2,1-22H3. The molecule has 10 rings (SSSR count). The molecular formula is C83H98Cl4N2O4. The molecule has 492 valence electrons. The largest absolute Gasteiger partial charge is 0.505 e. The van der Waals surface area contributed by atoms with E-state index in [0.717, 1.165) is 67.6 Å².